The number of hydrogen-bond acceptors (Lipinski definition) is 4. The average Bonchev–Trinajstić information content (AvgIpc) is 2.03. The molecule has 0 unspecified atom stereocenters. The molecule has 72 valence electrons. The summed E-state index contributed by atoms with van der Waals surface area (Å²) < 4.78 is 36.7. The Bertz CT molecular complexity index is 413. The molecule has 0 heterocycles. The first-order valence-electron chi connectivity index (χ1n) is 3.55. The predicted octanol–water partition coefficient (Wildman–Crippen LogP) is -2.09. The molecule has 0 aliphatic rings. The maximum Gasteiger partial charge on any atom is 1.00 e. The molecule has 1 aromatic rings. The van der Waals surface area contributed by atoms with Crippen LogP contribution in [-0.2, 0) is 10.1 Å². The first-order valence-corrected chi connectivity index (χ1v) is 4.96. The molecule has 0 saturated carbocycles. The van der Waals surface area contributed by atoms with Crippen LogP contribution in [-0.4, -0.2) is 20.1 Å². The van der Waals surface area contributed by atoms with Gasteiger partial charge in [0.2, 0.25) is 0 Å². The van der Waals surface area contributed by atoms with E-state index in [4.69, 9.17) is 4.74 Å². The Balaban J connectivity index is 0.00000169. The standard InChI is InChI=1S/C8H10O4S.Na/c1-6-3-4-7(13(9,10)11)5-8(6)12-2;/h3-5H,1-2H3,(H,9,10,11);/q;+1/p-1. The van der Waals surface area contributed by atoms with Crippen LogP contribution in [0.2, 0.25) is 0 Å². The van der Waals surface area contributed by atoms with Crippen LogP contribution in [0.3, 0.4) is 0 Å². The van der Waals surface area contributed by atoms with Crippen molar-refractivity contribution < 1.29 is 47.3 Å². The Labute approximate surface area is 105 Å². The second-order valence-electron chi connectivity index (χ2n) is 2.59. The van der Waals surface area contributed by atoms with Crippen molar-refractivity contribution in [2.24, 2.45) is 0 Å². The van der Waals surface area contributed by atoms with Crippen LogP contribution < -0.4 is 34.3 Å². The molecule has 4 nitrogen and oxygen atoms in total. The largest absolute Gasteiger partial charge is 1.00 e. The molecule has 0 atom stereocenters. The molecule has 0 radical (unpaired) electrons. The molecule has 0 spiro atoms. The van der Waals surface area contributed by atoms with Gasteiger partial charge in [-0.05, 0) is 24.6 Å². The van der Waals surface area contributed by atoms with E-state index in [1.165, 1.54) is 25.3 Å². The van der Waals surface area contributed by atoms with Gasteiger partial charge >= 0.3 is 29.6 Å². The molecule has 0 saturated heterocycles. The van der Waals surface area contributed by atoms with Crippen molar-refractivity contribution >= 4 is 10.1 Å². The zero-order chi connectivity index (χ0) is 10.1. The van der Waals surface area contributed by atoms with Gasteiger partial charge in [0.05, 0.1) is 12.0 Å². The minimum Gasteiger partial charge on any atom is -0.744 e. The Morgan fingerprint density at radius 2 is 1.93 bits per heavy atom. The van der Waals surface area contributed by atoms with Crippen LogP contribution in [0, 0.1) is 6.92 Å². The van der Waals surface area contributed by atoms with Crippen LogP contribution in [0.4, 0.5) is 0 Å². The van der Waals surface area contributed by atoms with Crippen LogP contribution in [0.25, 0.3) is 0 Å². The Morgan fingerprint density at radius 3 is 2.36 bits per heavy atom. The SMILES string of the molecule is COc1cc(S(=O)(=O)[O-])ccc1C.[Na+]. The fourth-order valence-electron chi connectivity index (χ4n) is 0.956. The van der Waals surface area contributed by atoms with Gasteiger partial charge in [-0.3, -0.25) is 0 Å². The second kappa shape index (κ2) is 5.14. The van der Waals surface area contributed by atoms with Gasteiger partial charge in [-0.25, -0.2) is 8.42 Å². The summed E-state index contributed by atoms with van der Waals surface area (Å²) in [6.45, 7) is 1.76. The van der Waals surface area contributed by atoms with Gasteiger partial charge in [-0.2, -0.15) is 0 Å². The molecule has 0 amide bonds. The van der Waals surface area contributed by atoms with E-state index in [1.54, 1.807) is 6.92 Å². The van der Waals surface area contributed by atoms with E-state index < -0.39 is 10.1 Å². The average molecular weight is 224 g/mol. The molecule has 0 bridgehead atoms. The summed E-state index contributed by atoms with van der Waals surface area (Å²) in [4.78, 5) is -0.269. The maximum atomic E-state index is 10.6. The molecule has 1 rings (SSSR count). The van der Waals surface area contributed by atoms with Crippen molar-refractivity contribution in [2.75, 3.05) is 7.11 Å². The van der Waals surface area contributed by atoms with Gasteiger partial charge in [0.1, 0.15) is 15.9 Å². The summed E-state index contributed by atoms with van der Waals surface area (Å²) in [6.07, 6.45) is 0. The van der Waals surface area contributed by atoms with Crippen LogP contribution >= 0.6 is 0 Å². The minimum atomic E-state index is -4.38. The van der Waals surface area contributed by atoms with Gasteiger partial charge in [0.25, 0.3) is 0 Å². The number of aryl methyl sites for hydroxylation is 1. The first kappa shape index (κ1) is 13.9. The van der Waals surface area contributed by atoms with E-state index in [2.05, 4.69) is 0 Å². The summed E-state index contributed by atoms with van der Waals surface area (Å²) in [5.41, 5.74) is 0.787. The van der Waals surface area contributed by atoms with Gasteiger partial charge in [-0.1, -0.05) is 6.07 Å². The second-order valence-corrected chi connectivity index (χ2v) is 3.97. The van der Waals surface area contributed by atoms with Crippen LogP contribution in [0.15, 0.2) is 23.1 Å². The number of ether oxygens (including phenoxy) is 1. The molecule has 0 aliphatic carbocycles. The summed E-state index contributed by atoms with van der Waals surface area (Å²) in [7, 11) is -2.96. The third-order valence-corrected chi connectivity index (χ3v) is 2.50. The van der Waals surface area contributed by atoms with Crippen molar-refractivity contribution in [3.05, 3.63) is 23.8 Å². The summed E-state index contributed by atoms with van der Waals surface area (Å²) in [5, 5.41) is 0. The number of rotatable bonds is 2. The molecule has 0 fully saturated rings. The zero-order valence-electron chi connectivity index (χ0n) is 8.27. The Hall–Kier alpha value is -0.0700. The molecule has 1 aromatic carbocycles. The third-order valence-electron chi connectivity index (χ3n) is 1.67. The molecule has 0 aliphatic heterocycles. The molecule has 0 N–H and O–H groups in total. The van der Waals surface area contributed by atoms with E-state index in [-0.39, 0.29) is 34.5 Å². The van der Waals surface area contributed by atoms with E-state index in [0.717, 1.165) is 5.56 Å². The van der Waals surface area contributed by atoms with Crippen molar-refractivity contribution in [3.63, 3.8) is 0 Å². The summed E-state index contributed by atoms with van der Waals surface area (Å²) in [6, 6.07) is 4.02. The maximum absolute atomic E-state index is 10.6. The van der Waals surface area contributed by atoms with E-state index in [1.807, 2.05) is 0 Å². The number of benzene rings is 1. The van der Waals surface area contributed by atoms with E-state index in [9.17, 15) is 13.0 Å². The molecule has 6 heteroatoms. The van der Waals surface area contributed by atoms with Gasteiger partial charge in [0, 0.05) is 0 Å². The Kier molecular flexibility index (Phi) is 5.11. The summed E-state index contributed by atoms with van der Waals surface area (Å²) in [5.74, 6) is 0.400. The zero-order valence-corrected chi connectivity index (χ0v) is 11.1. The third kappa shape index (κ3) is 3.25. The van der Waals surface area contributed by atoms with Crippen LogP contribution in [0.5, 0.6) is 5.75 Å². The molecule has 14 heavy (non-hydrogen) atoms. The van der Waals surface area contributed by atoms with Crippen molar-refractivity contribution in [1.29, 1.82) is 0 Å². The minimum absolute atomic E-state index is 0. The van der Waals surface area contributed by atoms with E-state index in [0.29, 0.717) is 5.75 Å². The van der Waals surface area contributed by atoms with Crippen LogP contribution in [0.1, 0.15) is 5.56 Å². The topological polar surface area (TPSA) is 66.4 Å². The fraction of sp³-hybridized carbons (Fsp3) is 0.250. The van der Waals surface area contributed by atoms with Crippen molar-refractivity contribution in [1.82, 2.24) is 0 Å². The molecule has 0 aromatic heterocycles. The number of methoxy groups -OCH3 is 1. The molecular weight excluding hydrogens is 215 g/mol. The normalized spacial score (nSPS) is 10.5. The quantitative estimate of drug-likeness (QED) is 0.427. The predicted molar refractivity (Wildman–Crippen MR) is 45.7 cm³/mol. The van der Waals surface area contributed by atoms with E-state index >= 15 is 0 Å². The van der Waals surface area contributed by atoms with Gasteiger partial charge < -0.3 is 9.29 Å². The van der Waals surface area contributed by atoms with Crippen molar-refractivity contribution in [3.8, 4) is 5.75 Å². The fourth-order valence-corrected chi connectivity index (χ4v) is 1.44. The number of hydrogen-bond donors (Lipinski definition) is 0. The van der Waals surface area contributed by atoms with Crippen molar-refractivity contribution in [2.45, 2.75) is 11.8 Å². The first-order chi connectivity index (χ1) is 5.95. The smallest absolute Gasteiger partial charge is 0.744 e. The van der Waals surface area contributed by atoms with Gasteiger partial charge in [0.15, 0.2) is 0 Å². The molecular formula is C8H9NaO4S. The summed E-state index contributed by atoms with van der Waals surface area (Å²) >= 11 is 0. The monoisotopic (exact) mass is 224 g/mol. The van der Waals surface area contributed by atoms with Gasteiger partial charge in [-0.15, -0.1) is 0 Å². The Morgan fingerprint density at radius 1 is 1.36 bits per heavy atom.